The van der Waals surface area contributed by atoms with E-state index in [0.29, 0.717) is 5.56 Å². The lowest BCUT2D eigenvalue weighted by Crippen LogP contribution is -2.14. The number of anilines is 1. The van der Waals surface area contributed by atoms with Crippen molar-refractivity contribution in [2.24, 2.45) is 0 Å². The molecule has 0 atom stereocenters. The van der Waals surface area contributed by atoms with Crippen molar-refractivity contribution < 1.29 is 14.6 Å². The summed E-state index contributed by atoms with van der Waals surface area (Å²) in [5, 5.41) is 23.4. The molecule has 0 spiro atoms. The van der Waals surface area contributed by atoms with Crippen LogP contribution in [0.25, 0.3) is 0 Å². The van der Waals surface area contributed by atoms with Crippen LogP contribution in [0.2, 0.25) is 0 Å². The number of aromatic nitrogens is 1. The summed E-state index contributed by atoms with van der Waals surface area (Å²) in [6.07, 6.45) is 1.05. The van der Waals surface area contributed by atoms with Crippen molar-refractivity contribution in [1.29, 1.82) is 0 Å². The molecular formula is C11H8N4O5S. The predicted molar refractivity (Wildman–Crippen MR) is 74.2 cm³/mol. The van der Waals surface area contributed by atoms with E-state index in [1.807, 2.05) is 0 Å². The highest BCUT2D eigenvalue weighted by atomic mass is 32.1. The van der Waals surface area contributed by atoms with Gasteiger partial charge in [-0.3, -0.25) is 25.0 Å². The molecule has 1 N–H and O–H groups in total. The van der Waals surface area contributed by atoms with Crippen molar-refractivity contribution in [1.82, 2.24) is 4.98 Å². The summed E-state index contributed by atoms with van der Waals surface area (Å²) in [6.45, 7) is 0. The molecule has 1 heterocycles. The summed E-state index contributed by atoms with van der Waals surface area (Å²) in [5.41, 5.74) is 0.527. The minimum Gasteiger partial charge on any atom is -0.302 e. The van der Waals surface area contributed by atoms with Gasteiger partial charge >= 0.3 is 5.00 Å². The zero-order valence-electron chi connectivity index (χ0n) is 10.4. The van der Waals surface area contributed by atoms with Gasteiger partial charge in [0.05, 0.1) is 16.3 Å². The molecule has 0 saturated heterocycles. The number of nitrogens with one attached hydrogen (secondary N) is 1. The molecule has 10 heteroatoms. The van der Waals surface area contributed by atoms with Gasteiger partial charge in [-0.15, -0.1) is 0 Å². The molecule has 2 rings (SSSR count). The number of nitrogens with zero attached hydrogens (tertiary/aromatic N) is 3. The van der Waals surface area contributed by atoms with Crippen molar-refractivity contribution >= 4 is 33.1 Å². The van der Waals surface area contributed by atoms with Gasteiger partial charge in [0.1, 0.15) is 6.20 Å². The average Bonchev–Trinajstić information content (AvgIpc) is 2.87. The normalized spacial score (nSPS) is 10.1. The third-order valence-electron chi connectivity index (χ3n) is 2.43. The van der Waals surface area contributed by atoms with Crippen LogP contribution in [-0.2, 0) is 11.2 Å². The number of nitro benzene ring substituents is 1. The average molecular weight is 308 g/mol. The van der Waals surface area contributed by atoms with Gasteiger partial charge < -0.3 is 5.32 Å². The van der Waals surface area contributed by atoms with Crippen molar-refractivity contribution in [3.05, 3.63) is 56.3 Å². The van der Waals surface area contributed by atoms with E-state index in [0.717, 1.165) is 17.5 Å². The predicted octanol–water partition coefficient (Wildman–Crippen LogP) is 2.14. The van der Waals surface area contributed by atoms with Crippen molar-refractivity contribution in [3.8, 4) is 0 Å². The lowest BCUT2D eigenvalue weighted by molar-refractivity contribution is -0.384. The maximum atomic E-state index is 11.7. The molecule has 0 unspecified atom stereocenters. The molecule has 1 amide bonds. The second-order valence-electron chi connectivity index (χ2n) is 3.91. The number of non-ortho nitro benzene ring substituents is 1. The second kappa shape index (κ2) is 6.05. The molecule has 1 aromatic heterocycles. The Morgan fingerprint density at radius 3 is 2.38 bits per heavy atom. The molecule has 9 nitrogen and oxygen atoms in total. The van der Waals surface area contributed by atoms with Crippen LogP contribution in [0.3, 0.4) is 0 Å². The molecule has 0 saturated carbocycles. The molecule has 0 radical (unpaired) electrons. The number of carbonyl (C=O) groups excluding carboxylic acids is 1. The number of hydrogen-bond acceptors (Lipinski definition) is 7. The van der Waals surface area contributed by atoms with Crippen molar-refractivity contribution in [2.45, 2.75) is 6.42 Å². The summed E-state index contributed by atoms with van der Waals surface area (Å²) >= 11 is 0.755. The zero-order valence-corrected chi connectivity index (χ0v) is 11.2. The molecule has 0 aliphatic carbocycles. The number of thiazole rings is 1. The minimum atomic E-state index is -0.594. The topological polar surface area (TPSA) is 128 Å². The molecule has 1 aromatic carbocycles. The Kier molecular flexibility index (Phi) is 4.18. The Morgan fingerprint density at radius 1 is 1.19 bits per heavy atom. The first kappa shape index (κ1) is 14.5. The third kappa shape index (κ3) is 3.79. The monoisotopic (exact) mass is 308 g/mol. The molecule has 2 aromatic rings. The van der Waals surface area contributed by atoms with Gasteiger partial charge in [-0.1, -0.05) is 12.1 Å². The third-order valence-corrected chi connectivity index (χ3v) is 3.30. The molecule has 0 aliphatic rings. The Labute approximate surface area is 121 Å². The summed E-state index contributed by atoms with van der Waals surface area (Å²) in [6, 6.07) is 5.55. The molecule has 108 valence electrons. The lowest BCUT2D eigenvalue weighted by Gasteiger charge is -2.01. The number of rotatable bonds is 5. The SMILES string of the molecule is O=C(Cc1ccc([N+](=O)[O-])cc1)Nc1ncc([N+](=O)[O-])s1. The maximum Gasteiger partial charge on any atom is 0.345 e. The van der Waals surface area contributed by atoms with E-state index in [2.05, 4.69) is 10.3 Å². The number of nitro groups is 2. The Hall–Kier alpha value is -2.88. The van der Waals surface area contributed by atoms with Crippen LogP contribution in [-0.4, -0.2) is 20.7 Å². The molecule has 0 bridgehead atoms. The van der Waals surface area contributed by atoms with E-state index in [-0.39, 0.29) is 22.2 Å². The van der Waals surface area contributed by atoms with Crippen LogP contribution in [0, 0.1) is 20.2 Å². The van der Waals surface area contributed by atoms with E-state index in [9.17, 15) is 25.0 Å². The summed E-state index contributed by atoms with van der Waals surface area (Å²) in [4.78, 5) is 35.3. The number of hydrogen-bond donors (Lipinski definition) is 1. The lowest BCUT2D eigenvalue weighted by atomic mass is 10.1. The van der Waals surface area contributed by atoms with E-state index < -0.39 is 15.8 Å². The fourth-order valence-corrected chi connectivity index (χ4v) is 2.14. The van der Waals surface area contributed by atoms with Crippen LogP contribution < -0.4 is 5.32 Å². The fourth-order valence-electron chi connectivity index (χ4n) is 1.49. The van der Waals surface area contributed by atoms with Crippen LogP contribution >= 0.6 is 11.3 Å². The molecule has 0 fully saturated rings. The first-order valence-corrected chi connectivity index (χ1v) is 6.41. The highest BCUT2D eigenvalue weighted by Crippen LogP contribution is 2.25. The quantitative estimate of drug-likeness (QED) is 0.665. The zero-order chi connectivity index (χ0) is 15.4. The van der Waals surface area contributed by atoms with Crippen molar-refractivity contribution in [3.63, 3.8) is 0 Å². The molecular weight excluding hydrogens is 300 g/mol. The standard InChI is InChI=1S/C11H8N4O5S/c16-9(13-11-12-6-10(21-11)15(19)20)5-7-1-3-8(4-2-7)14(17)18/h1-4,6H,5H2,(H,12,13,16). The molecule has 0 aliphatic heterocycles. The number of carbonyl (C=O) groups is 1. The maximum absolute atomic E-state index is 11.7. The van der Waals surface area contributed by atoms with Gasteiger partial charge in [0, 0.05) is 12.1 Å². The smallest absolute Gasteiger partial charge is 0.302 e. The molecule has 21 heavy (non-hydrogen) atoms. The van der Waals surface area contributed by atoms with Gasteiger partial charge in [-0.25, -0.2) is 4.98 Å². The first-order chi connectivity index (χ1) is 9.95. The van der Waals surface area contributed by atoms with Crippen molar-refractivity contribution in [2.75, 3.05) is 5.32 Å². The van der Waals surface area contributed by atoms with Gasteiger partial charge in [-0.2, -0.15) is 0 Å². The van der Waals surface area contributed by atoms with Crippen LogP contribution in [0.1, 0.15) is 5.56 Å². The van der Waals surface area contributed by atoms with E-state index in [4.69, 9.17) is 0 Å². The highest BCUT2D eigenvalue weighted by Gasteiger charge is 2.14. The first-order valence-electron chi connectivity index (χ1n) is 5.59. The summed E-state index contributed by atoms with van der Waals surface area (Å²) in [5.74, 6) is -0.409. The van der Waals surface area contributed by atoms with E-state index in [1.165, 1.54) is 24.3 Å². The van der Waals surface area contributed by atoms with Crippen LogP contribution in [0.15, 0.2) is 30.5 Å². The second-order valence-corrected chi connectivity index (χ2v) is 4.92. The van der Waals surface area contributed by atoms with Gasteiger partial charge in [0.25, 0.3) is 5.69 Å². The highest BCUT2D eigenvalue weighted by molar-refractivity contribution is 7.18. The van der Waals surface area contributed by atoms with Gasteiger partial charge in [0.2, 0.25) is 5.91 Å². The number of benzene rings is 1. The minimum absolute atomic E-state index is 0.00856. The van der Waals surface area contributed by atoms with Crippen LogP contribution in [0.5, 0.6) is 0 Å². The number of amides is 1. The Bertz CT molecular complexity index is 697. The largest absolute Gasteiger partial charge is 0.345 e. The Balaban J connectivity index is 1.97. The van der Waals surface area contributed by atoms with Gasteiger partial charge in [-0.05, 0) is 16.9 Å². The van der Waals surface area contributed by atoms with E-state index >= 15 is 0 Å². The summed E-state index contributed by atoms with van der Waals surface area (Å²) < 4.78 is 0. The summed E-state index contributed by atoms with van der Waals surface area (Å²) in [7, 11) is 0. The van der Waals surface area contributed by atoms with Crippen LogP contribution in [0.4, 0.5) is 15.8 Å². The Morgan fingerprint density at radius 2 is 1.86 bits per heavy atom. The van der Waals surface area contributed by atoms with E-state index in [1.54, 1.807) is 0 Å². The van der Waals surface area contributed by atoms with Gasteiger partial charge in [0.15, 0.2) is 5.13 Å². The fraction of sp³-hybridized carbons (Fsp3) is 0.0909.